The fourth-order valence-corrected chi connectivity index (χ4v) is 3.10. The third kappa shape index (κ3) is 3.59. The van der Waals surface area contributed by atoms with Gasteiger partial charge in [0.15, 0.2) is 0 Å². The molecule has 3 amide bonds. The Hall–Kier alpha value is -1.95. The van der Waals surface area contributed by atoms with Gasteiger partial charge in [-0.15, -0.1) is 0 Å². The average Bonchev–Trinajstić information content (AvgIpc) is 3.36. The van der Waals surface area contributed by atoms with Gasteiger partial charge in [-0.3, -0.25) is 0 Å². The molecular weight excluding hydrogens is 330 g/mol. The first kappa shape index (κ1) is 16.9. The fourth-order valence-electron chi connectivity index (χ4n) is 2.97. The monoisotopic (exact) mass is 351 g/mol. The summed E-state index contributed by atoms with van der Waals surface area (Å²) in [5, 5.41) is 3.84. The maximum atomic E-state index is 12.6. The first-order valence-electron chi connectivity index (χ1n) is 8.29. The smallest absolute Gasteiger partial charge is 0.409 e. The number of rotatable bonds is 3. The van der Waals surface area contributed by atoms with Crippen LogP contribution in [0, 0.1) is 0 Å². The van der Waals surface area contributed by atoms with E-state index in [0.717, 1.165) is 18.4 Å². The number of carbonyl (C=O) groups is 2. The summed E-state index contributed by atoms with van der Waals surface area (Å²) in [6.07, 6.45) is 1.56. The van der Waals surface area contributed by atoms with Crippen molar-refractivity contribution in [3.63, 3.8) is 0 Å². The van der Waals surface area contributed by atoms with Crippen molar-refractivity contribution in [1.82, 2.24) is 15.1 Å². The predicted octanol–water partition coefficient (Wildman–Crippen LogP) is 2.81. The summed E-state index contributed by atoms with van der Waals surface area (Å²) in [4.78, 5) is 27.6. The van der Waals surface area contributed by atoms with Gasteiger partial charge in [-0.1, -0.05) is 23.7 Å². The van der Waals surface area contributed by atoms with Crippen LogP contribution in [0.3, 0.4) is 0 Å². The van der Waals surface area contributed by atoms with Crippen LogP contribution in [-0.4, -0.2) is 54.7 Å². The van der Waals surface area contributed by atoms with Crippen LogP contribution in [0.1, 0.15) is 25.3 Å². The molecule has 2 aliphatic rings. The number of nitrogens with one attached hydrogen (secondary N) is 1. The number of urea groups is 1. The van der Waals surface area contributed by atoms with E-state index < -0.39 is 0 Å². The van der Waals surface area contributed by atoms with Gasteiger partial charge in [-0.25, -0.2) is 9.59 Å². The van der Waals surface area contributed by atoms with Crippen LogP contribution >= 0.6 is 11.6 Å². The molecule has 1 N–H and O–H groups in total. The first-order valence-corrected chi connectivity index (χ1v) is 8.67. The Labute approximate surface area is 146 Å². The lowest BCUT2D eigenvalue weighted by atomic mass is 10.1. The van der Waals surface area contributed by atoms with Crippen LogP contribution in [0.15, 0.2) is 24.3 Å². The standard InChI is InChI=1S/C17H22ClN3O3/c1-2-24-16(23)21-11-9-20(10-12-21)15(22)19-17(7-8-17)13-3-5-14(18)6-4-13/h3-6H,2,7-12H2,1H3,(H,19,22). The van der Waals surface area contributed by atoms with E-state index in [2.05, 4.69) is 5.32 Å². The molecular formula is C17H22ClN3O3. The highest BCUT2D eigenvalue weighted by Gasteiger charge is 2.46. The highest BCUT2D eigenvalue weighted by atomic mass is 35.5. The SMILES string of the molecule is CCOC(=O)N1CCN(C(=O)NC2(c3ccc(Cl)cc3)CC2)CC1. The number of nitrogens with zero attached hydrogens (tertiary/aromatic N) is 2. The van der Waals surface area contributed by atoms with Gasteiger partial charge in [0.2, 0.25) is 0 Å². The van der Waals surface area contributed by atoms with Crippen molar-refractivity contribution in [2.45, 2.75) is 25.3 Å². The summed E-state index contributed by atoms with van der Waals surface area (Å²) in [7, 11) is 0. The molecule has 1 aromatic carbocycles. The van der Waals surface area contributed by atoms with Crippen LogP contribution < -0.4 is 5.32 Å². The second-order valence-corrected chi connectivity index (χ2v) is 6.63. The Bertz CT molecular complexity index is 608. The predicted molar refractivity (Wildman–Crippen MR) is 91.1 cm³/mol. The lowest BCUT2D eigenvalue weighted by molar-refractivity contribution is 0.0846. The molecule has 1 aliphatic heterocycles. The van der Waals surface area contributed by atoms with E-state index in [9.17, 15) is 9.59 Å². The first-order chi connectivity index (χ1) is 11.5. The van der Waals surface area contributed by atoms with Crippen molar-refractivity contribution in [2.75, 3.05) is 32.8 Å². The highest BCUT2D eigenvalue weighted by Crippen LogP contribution is 2.45. The van der Waals surface area contributed by atoms with Gasteiger partial charge >= 0.3 is 12.1 Å². The minimum Gasteiger partial charge on any atom is -0.450 e. The second kappa shape index (κ2) is 6.89. The summed E-state index contributed by atoms with van der Waals surface area (Å²) in [6.45, 7) is 4.18. The van der Waals surface area contributed by atoms with Crippen LogP contribution in [0.2, 0.25) is 5.02 Å². The number of hydrogen-bond donors (Lipinski definition) is 1. The fraction of sp³-hybridized carbons (Fsp3) is 0.529. The number of hydrogen-bond acceptors (Lipinski definition) is 3. The van der Waals surface area contributed by atoms with Crippen molar-refractivity contribution in [2.24, 2.45) is 0 Å². The Balaban J connectivity index is 1.55. The van der Waals surface area contributed by atoms with Crippen molar-refractivity contribution < 1.29 is 14.3 Å². The molecule has 3 rings (SSSR count). The van der Waals surface area contributed by atoms with E-state index in [-0.39, 0.29) is 17.7 Å². The third-order valence-electron chi connectivity index (χ3n) is 4.59. The zero-order chi connectivity index (χ0) is 17.2. The molecule has 130 valence electrons. The second-order valence-electron chi connectivity index (χ2n) is 6.19. The molecule has 24 heavy (non-hydrogen) atoms. The van der Waals surface area contributed by atoms with Crippen LogP contribution in [0.25, 0.3) is 0 Å². The summed E-state index contributed by atoms with van der Waals surface area (Å²) >= 11 is 5.93. The molecule has 0 atom stereocenters. The van der Waals surface area contributed by atoms with Crippen molar-refractivity contribution >= 4 is 23.7 Å². The zero-order valence-corrected chi connectivity index (χ0v) is 14.5. The Morgan fingerprint density at radius 3 is 2.25 bits per heavy atom. The molecule has 1 saturated heterocycles. The van der Waals surface area contributed by atoms with Gasteiger partial charge in [0.1, 0.15) is 0 Å². The molecule has 0 bridgehead atoms. The lowest BCUT2D eigenvalue weighted by Gasteiger charge is -2.35. The summed E-state index contributed by atoms with van der Waals surface area (Å²) in [5.41, 5.74) is 0.824. The van der Waals surface area contributed by atoms with Gasteiger partial charge in [0, 0.05) is 31.2 Å². The Morgan fingerprint density at radius 1 is 1.12 bits per heavy atom. The van der Waals surface area contributed by atoms with Gasteiger partial charge in [-0.05, 0) is 37.5 Å². The summed E-state index contributed by atoms with van der Waals surface area (Å²) < 4.78 is 4.99. The third-order valence-corrected chi connectivity index (χ3v) is 4.84. The van der Waals surface area contributed by atoms with Gasteiger partial charge in [-0.2, -0.15) is 0 Å². The van der Waals surface area contributed by atoms with Crippen molar-refractivity contribution in [1.29, 1.82) is 0 Å². The summed E-state index contributed by atoms with van der Waals surface area (Å²) in [6, 6.07) is 7.55. The van der Waals surface area contributed by atoms with E-state index in [0.29, 0.717) is 37.8 Å². The molecule has 0 spiro atoms. The van der Waals surface area contributed by atoms with Crippen molar-refractivity contribution in [3.8, 4) is 0 Å². The van der Waals surface area contributed by atoms with Crippen LogP contribution in [0.4, 0.5) is 9.59 Å². The molecule has 0 aromatic heterocycles. The lowest BCUT2D eigenvalue weighted by Crippen LogP contribution is -2.54. The molecule has 1 aromatic rings. The van der Waals surface area contributed by atoms with E-state index in [1.54, 1.807) is 16.7 Å². The van der Waals surface area contributed by atoms with E-state index in [4.69, 9.17) is 16.3 Å². The van der Waals surface area contributed by atoms with Gasteiger partial charge in [0.25, 0.3) is 0 Å². The number of ether oxygens (including phenoxy) is 1. The quantitative estimate of drug-likeness (QED) is 0.910. The van der Waals surface area contributed by atoms with Crippen LogP contribution in [-0.2, 0) is 10.3 Å². The van der Waals surface area contributed by atoms with E-state index in [1.165, 1.54) is 0 Å². The minimum absolute atomic E-state index is 0.0778. The molecule has 1 saturated carbocycles. The van der Waals surface area contributed by atoms with Crippen LogP contribution in [0.5, 0.6) is 0 Å². The normalized spacial score (nSPS) is 18.9. The number of amides is 3. The molecule has 1 aliphatic carbocycles. The van der Waals surface area contributed by atoms with Gasteiger partial charge in [0.05, 0.1) is 12.1 Å². The van der Waals surface area contributed by atoms with Crippen molar-refractivity contribution in [3.05, 3.63) is 34.9 Å². The Kier molecular flexibility index (Phi) is 4.85. The molecule has 2 fully saturated rings. The minimum atomic E-state index is -0.308. The molecule has 0 radical (unpaired) electrons. The number of piperazine rings is 1. The zero-order valence-electron chi connectivity index (χ0n) is 13.8. The van der Waals surface area contributed by atoms with E-state index in [1.807, 2.05) is 24.3 Å². The number of benzene rings is 1. The molecule has 0 unspecified atom stereocenters. The topological polar surface area (TPSA) is 61.9 Å². The van der Waals surface area contributed by atoms with Gasteiger partial charge < -0.3 is 19.9 Å². The Morgan fingerprint density at radius 2 is 1.71 bits per heavy atom. The maximum Gasteiger partial charge on any atom is 0.409 e. The maximum absolute atomic E-state index is 12.6. The van der Waals surface area contributed by atoms with E-state index >= 15 is 0 Å². The number of halogens is 1. The average molecular weight is 352 g/mol. The summed E-state index contributed by atoms with van der Waals surface area (Å²) in [5.74, 6) is 0. The molecule has 1 heterocycles. The molecule has 7 heteroatoms. The largest absolute Gasteiger partial charge is 0.450 e. The molecule has 6 nitrogen and oxygen atoms in total. The highest BCUT2D eigenvalue weighted by molar-refractivity contribution is 6.30. The number of carbonyl (C=O) groups excluding carboxylic acids is 2.